The van der Waals surface area contributed by atoms with Crippen LogP contribution in [0.1, 0.15) is 40.5 Å². The van der Waals surface area contributed by atoms with Crippen molar-refractivity contribution in [3.05, 3.63) is 0 Å². The van der Waals surface area contributed by atoms with Crippen molar-refractivity contribution < 1.29 is 5.11 Å². The van der Waals surface area contributed by atoms with Crippen molar-refractivity contribution in [2.75, 3.05) is 0 Å². The van der Waals surface area contributed by atoms with Gasteiger partial charge in [0, 0.05) is 0 Å². The van der Waals surface area contributed by atoms with Gasteiger partial charge in [0.2, 0.25) is 0 Å². The third-order valence-electron chi connectivity index (χ3n) is 0.707. The first kappa shape index (κ1) is 13.2. The molecular weight excluding hydrogens is 119 g/mol. The zero-order valence-electron chi connectivity index (χ0n) is 8.07. The molecule has 0 rings (SSSR count). The summed E-state index contributed by atoms with van der Waals surface area (Å²) >= 11 is 2.21. The van der Waals surface area contributed by atoms with Crippen molar-refractivity contribution in [2.45, 2.75) is 51.2 Å². The van der Waals surface area contributed by atoms with E-state index in [2.05, 4.69) is 24.6 Å². The van der Waals surface area contributed by atoms with Crippen LogP contribution in [-0.2, 0) is 0 Å². The van der Waals surface area contributed by atoms with Crippen LogP contribution in [0.2, 0.25) is 5.09 Å². The van der Waals surface area contributed by atoms with E-state index in [9.17, 15) is 0 Å². The van der Waals surface area contributed by atoms with Gasteiger partial charge in [-0.25, -0.2) is 0 Å². The van der Waals surface area contributed by atoms with E-state index in [1.807, 2.05) is 0 Å². The van der Waals surface area contributed by atoms with Gasteiger partial charge in [0.05, 0.1) is 5.60 Å². The molecule has 0 saturated heterocycles. The molecule has 10 heavy (non-hydrogen) atoms. The topological polar surface area (TPSA) is 20.2 Å². The molecule has 0 aromatic rings. The molecule has 1 nitrogen and oxygen atoms in total. The van der Waals surface area contributed by atoms with Crippen LogP contribution in [0.25, 0.3) is 0 Å². The van der Waals surface area contributed by atoms with Crippen molar-refractivity contribution in [2.24, 2.45) is 0 Å². The molecule has 0 aromatic carbocycles. The molecule has 0 fully saturated rings. The predicted octanol–water partition coefficient (Wildman–Crippen LogP) is 2.15. The van der Waals surface area contributed by atoms with Gasteiger partial charge >= 0.3 is 42.6 Å². The van der Waals surface area contributed by atoms with Crippen molar-refractivity contribution in [3.8, 4) is 0 Å². The molecule has 0 bridgehead atoms. The molecule has 0 amide bonds. The van der Waals surface area contributed by atoms with Gasteiger partial charge in [-0.15, -0.1) is 0 Å². The third-order valence-corrected chi connectivity index (χ3v) is 0.707. The second-order valence-corrected chi connectivity index (χ2v) is 3.52. The number of unbranched alkanes of at least 4 members (excludes halogenated alkanes) is 1. The van der Waals surface area contributed by atoms with Crippen LogP contribution in [0.4, 0.5) is 0 Å². The first-order chi connectivity index (χ1) is 4.41. The van der Waals surface area contributed by atoms with E-state index in [1.54, 1.807) is 20.8 Å². The Bertz CT molecular complexity index is 48.8. The molecule has 0 radical (unpaired) electrons. The fourth-order valence-electron chi connectivity index (χ4n) is 0.354. The van der Waals surface area contributed by atoms with Crippen molar-refractivity contribution in [1.82, 2.24) is 0 Å². The Morgan fingerprint density at radius 2 is 1.60 bits per heavy atom. The SMILES string of the molecule is CC(C)(C)O.[Li][CH2]CCC. The molecule has 0 heterocycles. The van der Waals surface area contributed by atoms with Gasteiger partial charge in [-0.1, -0.05) is 0 Å². The maximum absolute atomic E-state index is 8.52. The Balaban J connectivity index is 0. The first-order valence-corrected chi connectivity index (χ1v) is 4.14. The van der Waals surface area contributed by atoms with Crippen LogP contribution in [0, 0.1) is 0 Å². The normalized spacial score (nSPS) is 10.3. The minimum atomic E-state index is -0.500. The van der Waals surface area contributed by atoms with Crippen LogP contribution in [-0.4, -0.2) is 28.4 Å². The molecule has 0 unspecified atom stereocenters. The van der Waals surface area contributed by atoms with E-state index in [0.717, 1.165) is 0 Å². The fraction of sp³-hybridized carbons (Fsp3) is 1.00. The number of aliphatic hydroxyl groups is 1. The quantitative estimate of drug-likeness (QED) is 0.580. The summed E-state index contributed by atoms with van der Waals surface area (Å²) < 4.78 is 0. The van der Waals surface area contributed by atoms with E-state index in [-0.39, 0.29) is 0 Å². The summed E-state index contributed by atoms with van der Waals surface area (Å²) in [6.07, 6.45) is 2.73. The summed E-state index contributed by atoms with van der Waals surface area (Å²) in [5.41, 5.74) is -0.500. The molecule has 0 aliphatic carbocycles. The predicted molar refractivity (Wildman–Crippen MR) is 47.4 cm³/mol. The molecule has 0 saturated carbocycles. The van der Waals surface area contributed by atoms with E-state index >= 15 is 0 Å². The standard InChI is InChI=1S/C4H10O.C4H9.Li/c1-4(2,3)5;1-3-4-2;/h5H,1-3H3;1,3-4H2,2H3;. The van der Waals surface area contributed by atoms with Gasteiger partial charge in [-0.05, 0) is 20.8 Å². The summed E-state index contributed by atoms with van der Waals surface area (Å²) in [5.74, 6) is 0. The Morgan fingerprint density at radius 1 is 1.30 bits per heavy atom. The van der Waals surface area contributed by atoms with Crippen LogP contribution >= 0.6 is 0 Å². The molecule has 58 valence electrons. The monoisotopic (exact) mass is 138 g/mol. The zero-order chi connectivity index (χ0) is 8.62. The van der Waals surface area contributed by atoms with Gasteiger partial charge in [-0.2, -0.15) is 0 Å². The fourth-order valence-corrected chi connectivity index (χ4v) is 0.354. The minimum absolute atomic E-state index is 0.500. The summed E-state index contributed by atoms with van der Waals surface area (Å²) in [6.45, 7) is 7.44. The summed E-state index contributed by atoms with van der Waals surface area (Å²) in [7, 11) is 0. The van der Waals surface area contributed by atoms with E-state index in [0.29, 0.717) is 0 Å². The average molecular weight is 138 g/mol. The first-order valence-electron chi connectivity index (χ1n) is 4.14. The molecule has 0 aliphatic rings. The Labute approximate surface area is 74.4 Å². The van der Waals surface area contributed by atoms with Gasteiger partial charge in [-0.3, -0.25) is 0 Å². The zero-order valence-corrected chi connectivity index (χ0v) is 8.07. The van der Waals surface area contributed by atoms with Gasteiger partial charge in [0.15, 0.2) is 0 Å². The summed E-state index contributed by atoms with van der Waals surface area (Å²) in [6, 6.07) is 0. The van der Waals surface area contributed by atoms with Crippen molar-refractivity contribution >= 4 is 17.7 Å². The van der Waals surface area contributed by atoms with Crippen LogP contribution in [0.15, 0.2) is 0 Å². The maximum atomic E-state index is 8.52. The second kappa shape index (κ2) is 7.66. The van der Waals surface area contributed by atoms with Crippen molar-refractivity contribution in [1.29, 1.82) is 0 Å². The van der Waals surface area contributed by atoms with Crippen LogP contribution < -0.4 is 0 Å². The molecule has 1 N–H and O–H groups in total. The number of rotatable bonds is 2. The Hall–Kier alpha value is 0.557. The van der Waals surface area contributed by atoms with E-state index < -0.39 is 5.60 Å². The second-order valence-electron chi connectivity index (χ2n) is 3.52. The summed E-state index contributed by atoms with van der Waals surface area (Å²) in [4.78, 5) is 0. The van der Waals surface area contributed by atoms with Gasteiger partial charge < -0.3 is 5.11 Å². The number of hydrogen-bond donors (Lipinski definition) is 1. The van der Waals surface area contributed by atoms with E-state index in [1.165, 1.54) is 17.9 Å². The molecule has 0 aliphatic heterocycles. The van der Waals surface area contributed by atoms with Crippen LogP contribution in [0.3, 0.4) is 0 Å². The van der Waals surface area contributed by atoms with E-state index in [4.69, 9.17) is 5.11 Å². The van der Waals surface area contributed by atoms with Gasteiger partial charge in [0.1, 0.15) is 0 Å². The average Bonchev–Trinajstić information content (AvgIpc) is 1.63. The Kier molecular flexibility index (Phi) is 10.1. The molecule has 0 atom stereocenters. The summed E-state index contributed by atoms with van der Waals surface area (Å²) in [5, 5.41) is 9.86. The molecule has 2 heteroatoms. The molecule has 0 aromatic heterocycles. The van der Waals surface area contributed by atoms with Crippen molar-refractivity contribution in [3.63, 3.8) is 0 Å². The number of hydrogen-bond acceptors (Lipinski definition) is 1. The third kappa shape index (κ3) is 74.7. The molecular formula is C8H19LiO. The van der Waals surface area contributed by atoms with Gasteiger partial charge in [0.25, 0.3) is 0 Å². The molecule has 0 spiro atoms. The Morgan fingerprint density at radius 3 is 1.60 bits per heavy atom. The van der Waals surface area contributed by atoms with Crippen LogP contribution in [0.5, 0.6) is 0 Å².